The molecular weight excluding hydrogens is 203 g/mol. The summed E-state index contributed by atoms with van der Waals surface area (Å²) in [6.07, 6.45) is 3.25. The zero-order chi connectivity index (χ0) is 11.0. The Bertz CT molecular complexity index is 629. The van der Waals surface area contributed by atoms with Crippen LogP contribution < -0.4 is 0 Å². The van der Waals surface area contributed by atoms with Crippen molar-refractivity contribution in [2.75, 3.05) is 0 Å². The van der Waals surface area contributed by atoms with Crippen molar-refractivity contribution in [1.82, 2.24) is 9.38 Å². The summed E-state index contributed by atoms with van der Waals surface area (Å²) in [5.74, 6) is -0.260. The summed E-state index contributed by atoms with van der Waals surface area (Å²) >= 11 is 0. The van der Waals surface area contributed by atoms with Crippen LogP contribution in [0.25, 0.3) is 16.9 Å². The third kappa shape index (κ3) is 1.46. The predicted molar refractivity (Wildman–Crippen MR) is 60.6 cm³/mol. The second kappa shape index (κ2) is 3.45. The van der Waals surface area contributed by atoms with Gasteiger partial charge in [-0.15, -0.1) is 0 Å². The zero-order valence-electron chi connectivity index (χ0n) is 8.47. The summed E-state index contributed by atoms with van der Waals surface area (Å²) < 4.78 is 14.7. The molecule has 0 saturated carbocycles. The van der Waals surface area contributed by atoms with Crippen LogP contribution in [0.3, 0.4) is 0 Å². The summed E-state index contributed by atoms with van der Waals surface area (Å²) in [7, 11) is 0. The number of aromatic nitrogens is 2. The fourth-order valence-electron chi connectivity index (χ4n) is 1.71. The summed E-state index contributed by atoms with van der Waals surface area (Å²) in [5, 5.41) is 0. The average molecular weight is 212 g/mol. The molecule has 0 aliphatic carbocycles. The van der Waals surface area contributed by atoms with Crippen LogP contribution in [0.4, 0.5) is 4.39 Å². The molecule has 16 heavy (non-hydrogen) atoms. The van der Waals surface area contributed by atoms with Gasteiger partial charge >= 0.3 is 0 Å². The van der Waals surface area contributed by atoms with Crippen LogP contribution in [0.15, 0.2) is 54.9 Å². The Balaban J connectivity index is 2.19. The maximum Gasteiger partial charge on any atom is 0.139 e. The summed E-state index contributed by atoms with van der Waals surface area (Å²) in [5.41, 5.74) is 2.64. The molecule has 0 unspecified atom stereocenters. The smallest absolute Gasteiger partial charge is 0.139 e. The Morgan fingerprint density at radius 2 is 1.75 bits per heavy atom. The first-order valence-corrected chi connectivity index (χ1v) is 5.02. The van der Waals surface area contributed by atoms with Crippen LogP contribution in [0.5, 0.6) is 0 Å². The van der Waals surface area contributed by atoms with Gasteiger partial charge < -0.3 is 4.40 Å². The molecule has 78 valence electrons. The lowest BCUT2D eigenvalue weighted by atomic mass is 10.2. The van der Waals surface area contributed by atoms with Crippen LogP contribution in [-0.2, 0) is 0 Å². The monoisotopic (exact) mass is 212 g/mol. The van der Waals surface area contributed by atoms with Gasteiger partial charge in [0.2, 0.25) is 0 Å². The fraction of sp³-hybridized carbons (Fsp3) is 0. The van der Waals surface area contributed by atoms with Crippen molar-refractivity contribution in [3.05, 3.63) is 60.7 Å². The SMILES string of the molecule is Fc1ccc2nc(-c3ccccc3)cn2c1. The van der Waals surface area contributed by atoms with Gasteiger partial charge in [0, 0.05) is 18.0 Å². The normalized spacial score (nSPS) is 10.8. The van der Waals surface area contributed by atoms with E-state index in [1.54, 1.807) is 10.5 Å². The number of hydrogen-bond acceptors (Lipinski definition) is 1. The van der Waals surface area contributed by atoms with Gasteiger partial charge in [-0.2, -0.15) is 0 Å². The average Bonchev–Trinajstić information content (AvgIpc) is 2.73. The number of nitrogens with zero attached hydrogens (tertiary/aromatic N) is 2. The Morgan fingerprint density at radius 1 is 0.938 bits per heavy atom. The maximum absolute atomic E-state index is 13.0. The van der Waals surface area contributed by atoms with Crippen LogP contribution in [-0.4, -0.2) is 9.38 Å². The van der Waals surface area contributed by atoms with Gasteiger partial charge in [-0.25, -0.2) is 9.37 Å². The molecule has 0 N–H and O–H groups in total. The minimum absolute atomic E-state index is 0.260. The molecule has 0 spiro atoms. The molecule has 2 aromatic heterocycles. The molecule has 0 fully saturated rings. The highest BCUT2D eigenvalue weighted by Gasteiger charge is 2.03. The minimum Gasteiger partial charge on any atom is -0.304 e. The molecule has 3 aromatic rings. The summed E-state index contributed by atoms with van der Waals surface area (Å²) in [6, 6.07) is 12.9. The predicted octanol–water partition coefficient (Wildman–Crippen LogP) is 3.14. The van der Waals surface area contributed by atoms with E-state index < -0.39 is 0 Å². The van der Waals surface area contributed by atoms with Crippen LogP contribution in [0, 0.1) is 5.82 Å². The fourth-order valence-corrected chi connectivity index (χ4v) is 1.71. The van der Waals surface area contributed by atoms with E-state index in [-0.39, 0.29) is 5.82 Å². The van der Waals surface area contributed by atoms with E-state index in [0.717, 1.165) is 16.9 Å². The molecule has 0 atom stereocenters. The van der Waals surface area contributed by atoms with E-state index in [2.05, 4.69) is 4.98 Å². The second-order valence-electron chi connectivity index (χ2n) is 3.60. The summed E-state index contributed by atoms with van der Waals surface area (Å²) in [4.78, 5) is 4.42. The van der Waals surface area contributed by atoms with Crippen molar-refractivity contribution in [1.29, 1.82) is 0 Å². The number of fused-ring (bicyclic) bond motifs is 1. The van der Waals surface area contributed by atoms with Crippen LogP contribution in [0.2, 0.25) is 0 Å². The molecule has 0 aliphatic rings. The number of rotatable bonds is 1. The van der Waals surface area contributed by atoms with E-state index in [1.165, 1.54) is 12.3 Å². The van der Waals surface area contributed by atoms with Gasteiger partial charge in [0.05, 0.1) is 5.69 Å². The first kappa shape index (κ1) is 9.09. The van der Waals surface area contributed by atoms with Gasteiger partial charge in [0.25, 0.3) is 0 Å². The van der Waals surface area contributed by atoms with E-state index in [9.17, 15) is 4.39 Å². The van der Waals surface area contributed by atoms with Gasteiger partial charge in [0.15, 0.2) is 0 Å². The zero-order valence-corrected chi connectivity index (χ0v) is 8.47. The number of hydrogen-bond donors (Lipinski definition) is 0. The Kier molecular flexibility index (Phi) is 1.96. The molecule has 0 saturated heterocycles. The molecule has 2 heterocycles. The van der Waals surface area contributed by atoms with E-state index >= 15 is 0 Å². The Hall–Kier alpha value is -2.16. The summed E-state index contributed by atoms with van der Waals surface area (Å²) in [6.45, 7) is 0. The topological polar surface area (TPSA) is 17.3 Å². The number of benzene rings is 1. The highest BCUT2D eigenvalue weighted by atomic mass is 19.1. The van der Waals surface area contributed by atoms with E-state index in [4.69, 9.17) is 0 Å². The molecule has 0 radical (unpaired) electrons. The molecule has 2 nitrogen and oxygen atoms in total. The maximum atomic E-state index is 13.0. The molecule has 0 aliphatic heterocycles. The lowest BCUT2D eigenvalue weighted by Crippen LogP contribution is -1.83. The van der Waals surface area contributed by atoms with Gasteiger partial charge in [-0.3, -0.25) is 0 Å². The standard InChI is InChI=1S/C13H9FN2/c14-11-6-7-13-15-12(9-16(13)8-11)10-4-2-1-3-5-10/h1-9H. The van der Waals surface area contributed by atoms with Gasteiger partial charge in [0.1, 0.15) is 11.5 Å². The van der Waals surface area contributed by atoms with Crippen LogP contribution >= 0.6 is 0 Å². The minimum atomic E-state index is -0.260. The Labute approximate surface area is 92.0 Å². The third-order valence-electron chi connectivity index (χ3n) is 2.48. The molecule has 0 bridgehead atoms. The van der Waals surface area contributed by atoms with Gasteiger partial charge in [-0.1, -0.05) is 30.3 Å². The molecule has 1 aromatic carbocycles. The van der Waals surface area contributed by atoms with E-state index in [0.29, 0.717) is 0 Å². The van der Waals surface area contributed by atoms with Crippen molar-refractivity contribution in [2.45, 2.75) is 0 Å². The molecular formula is C13H9FN2. The Morgan fingerprint density at radius 3 is 2.56 bits per heavy atom. The van der Waals surface area contributed by atoms with Crippen molar-refractivity contribution >= 4 is 5.65 Å². The number of halogens is 1. The molecule has 3 rings (SSSR count). The van der Waals surface area contributed by atoms with Crippen molar-refractivity contribution < 1.29 is 4.39 Å². The van der Waals surface area contributed by atoms with Crippen molar-refractivity contribution in [2.24, 2.45) is 0 Å². The number of imidazole rings is 1. The largest absolute Gasteiger partial charge is 0.304 e. The lowest BCUT2D eigenvalue weighted by Gasteiger charge is -1.92. The first-order valence-electron chi connectivity index (χ1n) is 5.02. The quantitative estimate of drug-likeness (QED) is 0.605. The highest BCUT2D eigenvalue weighted by molar-refractivity contribution is 5.62. The van der Waals surface area contributed by atoms with Gasteiger partial charge in [-0.05, 0) is 12.1 Å². The third-order valence-corrected chi connectivity index (χ3v) is 2.48. The first-order chi connectivity index (χ1) is 7.83. The van der Waals surface area contributed by atoms with Crippen LogP contribution in [0.1, 0.15) is 0 Å². The van der Waals surface area contributed by atoms with E-state index in [1.807, 2.05) is 36.5 Å². The molecule has 3 heteroatoms. The molecule has 0 amide bonds. The van der Waals surface area contributed by atoms with Crippen molar-refractivity contribution in [3.8, 4) is 11.3 Å². The van der Waals surface area contributed by atoms with Crippen molar-refractivity contribution in [3.63, 3.8) is 0 Å². The number of pyridine rings is 1. The highest BCUT2D eigenvalue weighted by Crippen LogP contribution is 2.18. The second-order valence-corrected chi connectivity index (χ2v) is 3.60. The lowest BCUT2D eigenvalue weighted by molar-refractivity contribution is 0.619.